The molecule has 15 heteroatoms. The van der Waals surface area contributed by atoms with Crippen molar-refractivity contribution in [1.29, 1.82) is 5.41 Å². The van der Waals surface area contributed by atoms with Gasteiger partial charge in [-0.1, -0.05) is 6.92 Å². The van der Waals surface area contributed by atoms with Crippen LogP contribution in [0.15, 0.2) is 0 Å². The van der Waals surface area contributed by atoms with Gasteiger partial charge in [-0.2, -0.15) is 0 Å². The number of ether oxygens (including phenoxy) is 4. The lowest BCUT2D eigenvalue weighted by molar-refractivity contribution is -0.141. The van der Waals surface area contributed by atoms with E-state index < -0.39 is 38.0 Å². The molecule has 0 aromatic carbocycles. The molecule has 0 spiro atoms. The Balaban J connectivity index is 4.86. The molecule has 192 valence electrons. The Morgan fingerprint density at radius 2 is 1.36 bits per heavy atom. The first-order valence-corrected chi connectivity index (χ1v) is 11.9. The first-order chi connectivity index (χ1) is 15.6. The normalized spacial score (nSPS) is 11.8. The largest absolute Gasteiger partial charge is 0.508 e. The Morgan fingerprint density at radius 1 is 0.909 bits per heavy atom. The van der Waals surface area contributed by atoms with Crippen molar-refractivity contribution in [3.05, 3.63) is 0 Å². The van der Waals surface area contributed by atoms with Gasteiger partial charge in [-0.3, -0.25) is 19.5 Å². The Bertz CT molecular complexity index is 645. The van der Waals surface area contributed by atoms with Crippen LogP contribution in [0.3, 0.4) is 0 Å². The molecule has 0 radical (unpaired) electrons. The number of nitrogens with one attached hydrogen (secondary N) is 2. The summed E-state index contributed by atoms with van der Waals surface area (Å²) in [5.74, 6) is -1.64. The van der Waals surface area contributed by atoms with Gasteiger partial charge in [0.05, 0.1) is 39.6 Å². The van der Waals surface area contributed by atoms with Crippen LogP contribution in [0, 0.1) is 5.41 Å². The maximum Gasteiger partial charge on any atom is 0.508 e. The van der Waals surface area contributed by atoms with Gasteiger partial charge in [0.1, 0.15) is 6.04 Å². The molecule has 3 N–H and O–H groups in total. The van der Waals surface area contributed by atoms with Crippen molar-refractivity contribution in [3.8, 4) is 0 Å². The summed E-state index contributed by atoms with van der Waals surface area (Å²) < 4.78 is 42.4. The Kier molecular flexibility index (Phi) is 15.7. The zero-order valence-corrected chi connectivity index (χ0v) is 20.3. The van der Waals surface area contributed by atoms with Gasteiger partial charge in [0.25, 0.3) is 0 Å². The average Bonchev–Trinajstić information content (AvgIpc) is 2.73. The molecule has 0 saturated carbocycles. The minimum absolute atomic E-state index is 0.0690. The molecule has 0 saturated heterocycles. The second kappa shape index (κ2) is 17.0. The smallest absolute Gasteiger partial charge is 0.480 e. The third kappa shape index (κ3) is 13.5. The number of nitrogens with zero attached hydrogens (tertiary/aromatic N) is 1. The van der Waals surface area contributed by atoms with Crippen molar-refractivity contribution in [1.82, 2.24) is 9.99 Å². The minimum atomic E-state index is -4.12. The molecule has 0 amide bonds. The van der Waals surface area contributed by atoms with Crippen LogP contribution in [-0.2, 0) is 37.4 Å². The summed E-state index contributed by atoms with van der Waals surface area (Å²) in [6.45, 7) is 4.72. The van der Waals surface area contributed by atoms with E-state index in [4.69, 9.17) is 23.9 Å². The van der Waals surface area contributed by atoms with Crippen molar-refractivity contribution in [2.24, 2.45) is 0 Å². The van der Waals surface area contributed by atoms with Crippen LogP contribution in [0.25, 0.3) is 0 Å². The second-order valence-electron chi connectivity index (χ2n) is 6.27. The molecule has 14 nitrogen and oxygen atoms in total. The molecule has 0 rings (SSSR count). The monoisotopic (exact) mass is 499 g/mol. The van der Waals surface area contributed by atoms with E-state index in [1.165, 1.54) is 7.05 Å². The fourth-order valence-corrected chi connectivity index (χ4v) is 3.56. The first-order valence-electron chi connectivity index (χ1n) is 10.4. The highest BCUT2D eigenvalue weighted by Crippen LogP contribution is 2.44. The topological polar surface area (TPSA) is 183 Å². The van der Waals surface area contributed by atoms with Crippen molar-refractivity contribution >= 4 is 32.0 Å². The number of hydrogen-bond donors (Lipinski definition) is 3. The molecule has 1 atom stereocenters. The number of hydrogen-bond acceptors (Lipinski definition) is 11. The lowest BCUT2D eigenvalue weighted by Crippen LogP contribution is -2.46. The number of likely N-dealkylation sites (N-methyl/N-ethyl adjacent to an activating group) is 1. The van der Waals surface area contributed by atoms with Crippen LogP contribution in [-0.4, -0.2) is 87.0 Å². The molecule has 0 fully saturated rings. The Hall–Kier alpha value is -2.57. The summed E-state index contributed by atoms with van der Waals surface area (Å²) in [6.07, 6.45) is -1.21. The highest BCUT2D eigenvalue weighted by molar-refractivity contribution is 7.52. The van der Waals surface area contributed by atoms with E-state index in [1.54, 1.807) is 20.8 Å². The molecule has 0 aromatic rings. The summed E-state index contributed by atoms with van der Waals surface area (Å²) in [7, 11) is -2.77. The van der Waals surface area contributed by atoms with E-state index in [2.05, 4.69) is 14.6 Å². The zero-order chi connectivity index (χ0) is 25.3. The predicted molar refractivity (Wildman–Crippen MR) is 115 cm³/mol. The fraction of sp³-hybridized carbons (Fsp3) is 0.778. The standard InChI is InChI=1S/C18H34N3O11P/c1-5-14(15(22)23)21(4)16(19)20-33(26,31-12-8-10-29-17(24)27-6-2)32-13-9-11-30-18(25)28-7-3/h14H,5-13H2,1-4H3,(H,22,23)(H2,19,20,26). The van der Waals surface area contributed by atoms with E-state index in [0.717, 1.165) is 4.90 Å². The molecule has 0 aliphatic rings. The average molecular weight is 499 g/mol. The van der Waals surface area contributed by atoms with Crippen LogP contribution in [0.1, 0.15) is 40.0 Å². The highest BCUT2D eigenvalue weighted by atomic mass is 31.2. The molecular formula is C18H34N3O11P. The van der Waals surface area contributed by atoms with E-state index >= 15 is 0 Å². The van der Waals surface area contributed by atoms with E-state index in [0.29, 0.717) is 0 Å². The molecule has 0 aliphatic carbocycles. The summed E-state index contributed by atoms with van der Waals surface area (Å²) in [5.41, 5.74) is 0. The summed E-state index contributed by atoms with van der Waals surface area (Å²) in [4.78, 5) is 34.7. The maximum atomic E-state index is 13.1. The molecule has 0 aliphatic heterocycles. The first kappa shape index (κ1) is 30.4. The quantitative estimate of drug-likeness (QED) is 0.0926. The third-order valence-corrected chi connectivity index (χ3v) is 5.33. The lowest BCUT2D eigenvalue weighted by atomic mass is 10.2. The number of rotatable bonds is 16. The van der Waals surface area contributed by atoms with Gasteiger partial charge < -0.3 is 29.0 Å². The molecule has 0 heterocycles. The number of carbonyl (C=O) groups excluding carboxylic acids is 2. The van der Waals surface area contributed by atoms with Crippen molar-refractivity contribution in [3.63, 3.8) is 0 Å². The molecule has 0 bridgehead atoms. The SMILES string of the molecule is CCOC(=O)OCCCOP(=O)(NC(=N)N(C)C(CC)C(=O)O)OCCCOC(=O)OCC. The number of aliphatic carboxylic acids is 1. The van der Waals surface area contributed by atoms with Gasteiger partial charge in [-0.05, 0) is 20.3 Å². The van der Waals surface area contributed by atoms with E-state index in [9.17, 15) is 24.1 Å². The predicted octanol–water partition coefficient (Wildman–Crippen LogP) is 2.57. The summed E-state index contributed by atoms with van der Waals surface area (Å²) >= 11 is 0. The van der Waals surface area contributed by atoms with Gasteiger partial charge in [0.15, 0.2) is 0 Å². The van der Waals surface area contributed by atoms with Gasteiger partial charge in [-0.15, -0.1) is 0 Å². The summed E-state index contributed by atoms with van der Waals surface area (Å²) in [6, 6.07) is -1.03. The van der Waals surface area contributed by atoms with Gasteiger partial charge in [0, 0.05) is 19.9 Å². The zero-order valence-electron chi connectivity index (χ0n) is 19.4. The molecule has 33 heavy (non-hydrogen) atoms. The molecule has 0 aromatic heterocycles. The Labute approximate surface area is 192 Å². The number of guanidine groups is 1. The molecule has 1 unspecified atom stereocenters. The van der Waals surface area contributed by atoms with Crippen LogP contribution in [0.5, 0.6) is 0 Å². The fourth-order valence-electron chi connectivity index (χ4n) is 2.20. The van der Waals surface area contributed by atoms with Crippen molar-refractivity contribution < 1.29 is 52.1 Å². The number of carboxylic acid groups (broad SMARTS) is 1. The maximum absolute atomic E-state index is 13.1. The minimum Gasteiger partial charge on any atom is -0.480 e. The van der Waals surface area contributed by atoms with Gasteiger partial charge in [-0.25, -0.2) is 18.9 Å². The molecular weight excluding hydrogens is 465 g/mol. The van der Waals surface area contributed by atoms with Crippen LogP contribution >= 0.6 is 7.75 Å². The van der Waals surface area contributed by atoms with Gasteiger partial charge in [0.2, 0.25) is 5.96 Å². The van der Waals surface area contributed by atoms with Crippen molar-refractivity contribution in [2.75, 3.05) is 46.7 Å². The summed E-state index contributed by atoms with van der Waals surface area (Å²) in [5, 5.41) is 19.6. The van der Waals surface area contributed by atoms with Crippen molar-refractivity contribution in [2.45, 2.75) is 46.1 Å². The van der Waals surface area contributed by atoms with Gasteiger partial charge >= 0.3 is 26.0 Å². The van der Waals surface area contributed by atoms with Crippen LogP contribution in [0.2, 0.25) is 0 Å². The Morgan fingerprint density at radius 3 is 1.73 bits per heavy atom. The third-order valence-electron chi connectivity index (χ3n) is 3.80. The van der Waals surface area contributed by atoms with E-state index in [-0.39, 0.29) is 58.9 Å². The van der Waals surface area contributed by atoms with Crippen LogP contribution < -0.4 is 5.09 Å². The van der Waals surface area contributed by atoms with E-state index in [1.807, 2.05) is 0 Å². The van der Waals surface area contributed by atoms with Crippen LogP contribution in [0.4, 0.5) is 9.59 Å². The number of carboxylic acids is 1. The number of carbonyl (C=O) groups is 3. The lowest BCUT2D eigenvalue weighted by Gasteiger charge is -2.29. The second-order valence-corrected chi connectivity index (χ2v) is 8.00. The highest BCUT2D eigenvalue weighted by Gasteiger charge is 2.31.